The fraction of sp³-hybridized carbons (Fsp3) is 0.571. The predicted molar refractivity (Wildman–Crippen MR) is 78.5 cm³/mol. The first-order valence-corrected chi connectivity index (χ1v) is 8.39. The second-order valence-corrected chi connectivity index (χ2v) is 7.16. The van der Waals surface area contributed by atoms with E-state index in [4.69, 9.17) is 4.74 Å². The summed E-state index contributed by atoms with van der Waals surface area (Å²) in [4.78, 5) is 0. The van der Waals surface area contributed by atoms with Crippen molar-refractivity contribution < 1.29 is 13.2 Å². The van der Waals surface area contributed by atoms with Crippen LogP contribution in [0.5, 0.6) is 5.75 Å². The average Bonchev–Trinajstić information content (AvgIpc) is 2.36. The number of sulfone groups is 1. The molecule has 2 unspecified atom stereocenters. The highest BCUT2D eigenvalue weighted by Gasteiger charge is 2.25. The normalized spacial score (nSPS) is 14.9. The van der Waals surface area contributed by atoms with Crippen LogP contribution in [0, 0.1) is 0 Å². The van der Waals surface area contributed by atoms with Crippen molar-refractivity contribution in [1.29, 1.82) is 0 Å². The molecule has 2 atom stereocenters. The molecule has 5 heteroatoms. The number of nitrogens with one attached hydrogen (secondary N) is 1. The molecule has 0 fully saturated rings. The standard InChI is InChI=1S/C14H23NO3S/c1-5-15-14(11(2)19(4,16)17)10-12-7-6-8-13(9-12)18-3/h6-9,11,14-15H,5,10H2,1-4H3. The van der Waals surface area contributed by atoms with Crippen LogP contribution in [0.1, 0.15) is 19.4 Å². The van der Waals surface area contributed by atoms with Gasteiger partial charge in [-0.1, -0.05) is 19.1 Å². The minimum absolute atomic E-state index is 0.0906. The molecule has 0 aliphatic carbocycles. The summed E-state index contributed by atoms with van der Waals surface area (Å²) in [6.45, 7) is 4.48. The molecule has 0 saturated heterocycles. The molecule has 108 valence electrons. The summed E-state index contributed by atoms with van der Waals surface area (Å²) >= 11 is 0. The number of hydrogen-bond donors (Lipinski definition) is 1. The lowest BCUT2D eigenvalue weighted by Crippen LogP contribution is -2.43. The molecule has 19 heavy (non-hydrogen) atoms. The molecule has 0 aliphatic rings. The topological polar surface area (TPSA) is 55.4 Å². The van der Waals surface area contributed by atoms with Gasteiger partial charge in [-0.15, -0.1) is 0 Å². The first kappa shape index (κ1) is 16.0. The maximum atomic E-state index is 11.7. The largest absolute Gasteiger partial charge is 0.497 e. The van der Waals surface area contributed by atoms with E-state index >= 15 is 0 Å². The van der Waals surface area contributed by atoms with Gasteiger partial charge in [0.1, 0.15) is 5.75 Å². The number of ether oxygens (including phenoxy) is 1. The molecule has 1 aromatic carbocycles. The minimum atomic E-state index is -3.05. The van der Waals surface area contributed by atoms with Crippen molar-refractivity contribution in [3.8, 4) is 5.75 Å². The molecule has 0 amide bonds. The fourth-order valence-electron chi connectivity index (χ4n) is 2.02. The van der Waals surface area contributed by atoms with Crippen LogP contribution in [0.15, 0.2) is 24.3 Å². The first-order valence-electron chi connectivity index (χ1n) is 6.43. The minimum Gasteiger partial charge on any atom is -0.497 e. The lowest BCUT2D eigenvalue weighted by Gasteiger charge is -2.23. The maximum absolute atomic E-state index is 11.7. The van der Waals surface area contributed by atoms with Crippen molar-refractivity contribution in [3.63, 3.8) is 0 Å². The van der Waals surface area contributed by atoms with Gasteiger partial charge >= 0.3 is 0 Å². The van der Waals surface area contributed by atoms with Gasteiger partial charge < -0.3 is 10.1 Å². The molecular weight excluding hydrogens is 262 g/mol. The lowest BCUT2D eigenvalue weighted by atomic mass is 10.0. The van der Waals surface area contributed by atoms with Gasteiger partial charge in [0.2, 0.25) is 0 Å². The summed E-state index contributed by atoms with van der Waals surface area (Å²) in [6.07, 6.45) is 1.95. The summed E-state index contributed by atoms with van der Waals surface area (Å²) in [5.74, 6) is 0.791. The van der Waals surface area contributed by atoms with E-state index in [1.165, 1.54) is 6.26 Å². The van der Waals surface area contributed by atoms with Crippen LogP contribution in [0.4, 0.5) is 0 Å². The fourth-order valence-corrected chi connectivity index (χ4v) is 2.81. The monoisotopic (exact) mass is 285 g/mol. The third kappa shape index (κ3) is 4.84. The Kier molecular flexibility index (Phi) is 5.82. The van der Waals surface area contributed by atoms with E-state index < -0.39 is 15.1 Å². The van der Waals surface area contributed by atoms with Crippen LogP contribution in [-0.2, 0) is 16.3 Å². The number of rotatable bonds is 7. The maximum Gasteiger partial charge on any atom is 0.151 e. The van der Waals surface area contributed by atoms with Gasteiger partial charge in [0.25, 0.3) is 0 Å². The third-order valence-electron chi connectivity index (χ3n) is 3.30. The van der Waals surface area contributed by atoms with E-state index in [0.29, 0.717) is 6.42 Å². The van der Waals surface area contributed by atoms with Gasteiger partial charge in [0.15, 0.2) is 9.84 Å². The van der Waals surface area contributed by atoms with Crippen molar-refractivity contribution in [2.45, 2.75) is 31.6 Å². The number of likely N-dealkylation sites (N-methyl/N-ethyl adjacent to an activating group) is 1. The van der Waals surface area contributed by atoms with Gasteiger partial charge in [-0.3, -0.25) is 0 Å². The van der Waals surface area contributed by atoms with Crippen molar-refractivity contribution >= 4 is 9.84 Å². The van der Waals surface area contributed by atoms with E-state index in [2.05, 4.69) is 5.32 Å². The zero-order valence-electron chi connectivity index (χ0n) is 12.0. The van der Waals surface area contributed by atoms with Gasteiger partial charge in [-0.05, 0) is 37.6 Å². The van der Waals surface area contributed by atoms with Crippen LogP contribution in [0.3, 0.4) is 0 Å². The Hall–Kier alpha value is -1.07. The van der Waals surface area contributed by atoms with Crippen LogP contribution >= 0.6 is 0 Å². The number of methoxy groups -OCH3 is 1. The van der Waals surface area contributed by atoms with E-state index in [0.717, 1.165) is 17.9 Å². The second kappa shape index (κ2) is 6.91. The van der Waals surface area contributed by atoms with Gasteiger partial charge in [0, 0.05) is 12.3 Å². The highest BCUT2D eigenvalue weighted by atomic mass is 32.2. The number of hydrogen-bond acceptors (Lipinski definition) is 4. The molecule has 1 N–H and O–H groups in total. The smallest absolute Gasteiger partial charge is 0.151 e. The molecule has 0 saturated carbocycles. The van der Waals surface area contributed by atoms with Crippen LogP contribution in [-0.4, -0.2) is 39.6 Å². The Bertz CT molecular complexity index is 499. The van der Waals surface area contributed by atoms with Crippen molar-refractivity contribution in [3.05, 3.63) is 29.8 Å². The SMILES string of the molecule is CCNC(Cc1cccc(OC)c1)C(C)S(C)(=O)=O. The summed E-state index contributed by atoms with van der Waals surface area (Å²) < 4.78 is 28.6. The Morgan fingerprint density at radius 2 is 2.05 bits per heavy atom. The average molecular weight is 285 g/mol. The predicted octanol–water partition coefficient (Wildman–Crippen LogP) is 1.65. The molecule has 4 nitrogen and oxygen atoms in total. The molecule has 0 aliphatic heterocycles. The Morgan fingerprint density at radius 1 is 1.37 bits per heavy atom. The molecule has 0 aromatic heterocycles. The zero-order valence-corrected chi connectivity index (χ0v) is 12.8. The Balaban J connectivity index is 2.89. The van der Waals surface area contributed by atoms with Gasteiger partial charge in [-0.25, -0.2) is 8.42 Å². The molecule has 0 radical (unpaired) electrons. The summed E-state index contributed by atoms with van der Waals surface area (Å²) in [5.41, 5.74) is 1.07. The summed E-state index contributed by atoms with van der Waals surface area (Å²) in [5, 5.41) is 2.84. The third-order valence-corrected chi connectivity index (χ3v) is 4.98. The molecular formula is C14H23NO3S. The first-order chi connectivity index (χ1) is 8.88. The van der Waals surface area contributed by atoms with Crippen molar-refractivity contribution in [2.24, 2.45) is 0 Å². The second-order valence-electron chi connectivity index (χ2n) is 4.75. The number of benzene rings is 1. The molecule has 0 spiro atoms. The summed E-state index contributed by atoms with van der Waals surface area (Å²) in [6, 6.07) is 7.64. The van der Waals surface area contributed by atoms with Crippen LogP contribution in [0.25, 0.3) is 0 Å². The Labute approximate surface area is 116 Å². The molecule has 0 heterocycles. The van der Waals surface area contributed by atoms with Crippen LogP contribution < -0.4 is 10.1 Å². The van der Waals surface area contributed by atoms with Crippen molar-refractivity contribution in [1.82, 2.24) is 5.32 Å². The van der Waals surface area contributed by atoms with Gasteiger partial charge in [-0.2, -0.15) is 0 Å². The highest BCUT2D eigenvalue weighted by Crippen LogP contribution is 2.16. The quantitative estimate of drug-likeness (QED) is 0.827. The van der Waals surface area contributed by atoms with Crippen LogP contribution in [0.2, 0.25) is 0 Å². The summed E-state index contributed by atoms with van der Waals surface area (Å²) in [7, 11) is -1.43. The van der Waals surface area contributed by atoms with Crippen molar-refractivity contribution in [2.75, 3.05) is 19.9 Å². The van der Waals surface area contributed by atoms with E-state index in [1.54, 1.807) is 14.0 Å². The highest BCUT2D eigenvalue weighted by molar-refractivity contribution is 7.91. The van der Waals surface area contributed by atoms with E-state index in [1.807, 2.05) is 31.2 Å². The van der Waals surface area contributed by atoms with E-state index in [9.17, 15) is 8.42 Å². The van der Waals surface area contributed by atoms with E-state index in [-0.39, 0.29) is 6.04 Å². The lowest BCUT2D eigenvalue weighted by molar-refractivity contribution is 0.413. The zero-order chi connectivity index (χ0) is 14.5. The van der Waals surface area contributed by atoms with Gasteiger partial charge in [0.05, 0.1) is 12.4 Å². The Morgan fingerprint density at radius 3 is 2.58 bits per heavy atom. The molecule has 0 bridgehead atoms. The molecule has 1 rings (SSSR count). The molecule has 1 aromatic rings.